The van der Waals surface area contributed by atoms with Crippen LogP contribution in [-0.4, -0.2) is 67.1 Å². The summed E-state index contributed by atoms with van der Waals surface area (Å²) >= 11 is 0. The van der Waals surface area contributed by atoms with Crippen molar-refractivity contribution < 1.29 is 19.1 Å². The minimum absolute atomic E-state index is 0.0243. The molecular weight excluding hydrogens is 418 g/mol. The van der Waals surface area contributed by atoms with Crippen molar-refractivity contribution in [1.82, 2.24) is 9.80 Å². The number of rotatable bonds is 9. The Bertz CT molecular complexity index is 974. The van der Waals surface area contributed by atoms with E-state index in [1.807, 2.05) is 62.4 Å². The lowest BCUT2D eigenvalue weighted by Gasteiger charge is -2.31. The number of ether oxygens (including phenoxy) is 2. The molecule has 0 aromatic heterocycles. The second kappa shape index (κ2) is 10.8. The maximum Gasteiger partial charge on any atom is 0.255 e. The summed E-state index contributed by atoms with van der Waals surface area (Å²) in [5.74, 6) is 0.490. The Labute approximate surface area is 195 Å². The smallest absolute Gasteiger partial charge is 0.255 e. The van der Waals surface area contributed by atoms with Gasteiger partial charge in [0.15, 0.2) is 0 Å². The van der Waals surface area contributed by atoms with Crippen molar-refractivity contribution in [3.05, 3.63) is 59.7 Å². The maximum absolute atomic E-state index is 13.4. The number of hydrogen-bond acceptors (Lipinski definition) is 5. The number of hydrogen-bond donors (Lipinski definition) is 1. The summed E-state index contributed by atoms with van der Waals surface area (Å²) in [5.41, 5.74) is 2.33. The molecule has 2 amide bonds. The van der Waals surface area contributed by atoms with Gasteiger partial charge in [-0.2, -0.15) is 0 Å². The first-order valence-corrected chi connectivity index (χ1v) is 11.8. The first-order valence-electron chi connectivity index (χ1n) is 11.8. The van der Waals surface area contributed by atoms with E-state index in [1.165, 1.54) is 0 Å². The lowest BCUT2D eigenvalue weighted by atomic mass is 9.96. The molecular formula is C26H33N3O4. The third-order valence-electron chi connectivity index (χ3n) is 6.52. The van der Waals surface area contributed by atoms with Crippen LogP contribution in [0.5, 0.6) is 5.75 Å². The Morgan fingerprint density at radius 3 is 2.70 bits per heavy atom. The molecule has 33 heavy (non-hydrogen) atoms. The largest absolute Gasteiger partial charge is 0.492 e. The molecule has 7 nitrogen and oxygen atoms in total. The second-order valence-electron chi connectivity index (χ2n) is 8.74. The summed E-state index contributed by atoms with van der Waals surface area (Å²) in [6.07, 6.45) is 0.795. The zero-order valence-electron chi connectivity index (χ0n) is 19.5. The van der Waals surface area contributed by atoms with Gasteiger partial charge >= 0.3 is 0 Å². The first-order chi connectivity index (χ1) is 16.1. The van der Waals surface area contributed by atoms with Crippen LogP contribution in [0.15, 0.2) is 48.5 Å². The van der Waals surface area contributed by atoms with Gasteiger partial charge in [-0.15, -0.1) is 0 Å². The van der Waals surface area contributed by atoms with Crippen molar-refractivity contribution >= 4 is 17.5 Å². The van der Waals surface area contributed by atoms with Gasteiger partial charge in [0.05, 0.1) is 13.2 Å². The van der Waals surface area contributed by atoms with Crippen molar-refractivity contribution in [3.8, 4) is 5.75 Å². The molecule has 2 aromatic carbocycles. The summed E-state index contributed by atoms with van der Waals surface area (Å²) in [6.45, 7) is 9.33. The van der Waals surface area contributed by atoms with Gasteiger partial charge in [0.25, 0.3) is 5.91 Å². The van der Waals surface area contributed by atoms with Gasteiger partial charge in [0.2, 0.25) is 5.91 Å². The Kier molecular flexibility index (Phi) is 7.62. The molecule has 176 valence electrons. The molecule has 1 N–H and O–H groups in total. The SMILES string of the molecule is CC[C@H](C)[C@H](C(=O)Nc1cccc(OCCN2CCOCC2)c1)N1Cc2ccccc2C1=O. The fourth-order valence-corrected chi connectivity index (χ4v) is 4.43. The van der Waals surface area contributed by atoms with Crippen LogP contribution in [0.25, 0.3) is 0 Å². The zero-order valence-corrected chi connectivity index (χ0v) is 19.5. The maximum atomic E-state index is 13.4. The summed E-state index contributed by atoms with van der Waals surface area (Å²) in [5, 5.41) is 3.02. The van der Waals surface area contributed by atoms with E-state index in [-0.39, 0.29) is 17.7 Å². The average molecular weight is 452 g/mol. The minimum Gasteiger partial charge on any atom is -0.492 e. The van der Waals surface area contributed by atoms with Crippen LogP contribution < -0.4 is 10.1 Å². The number of carbonyl (C=O) groups excluding carboxylic acids is 2. The molecule has 2 aromatic rings. The highest BCUT2D eigenvalue weighted by molar-refractivity contribution is 6.03. The van der Waals surface area contributed by atoms with Gasteiger partial charge in [0.1, 0.15) is 18.4 Å². The van der Waals surface area contributed by atoms with Crippen LogP contribution in [0.2, 0.25) is 0 Å². The van der Waals surface area contributed by atoms with Gasteiger partial charge in [-0.05, 0) is 29.7 Å². The molecule has 2 aliphatic heterocycles. The Morgan fingerprint density at radius 2 is 1.94 bits per heavy atom. The number of amides is 2. The molecule has 1 fully saturated rings. The van der Waals surface area contributed by atoms with Crippen molar-refractivity contribution in [2.75, 3.05) is 44.8 Å². The van der Waals surface area contributed by atoms with Gasteiger partial charge in [-0.25, -0.2) is 0 Å². The van der Waals surface area contributed by atoms with Crippen LogP contribution in [0, 0.1) is 5.92 Å². The first kappa shape index (κ1) is 23.3. The van der Waals surface area contributed by atoms with Crippen molar-refractivity contribution in [3.63, 3.8) is 0 Å². The predicted molar refractivity (Wildman–Crippen MR) is 127 cm³/mol. The minimum atomic E-state index is -0.541. The van der Waals surface area contributed by atoms with E-state index < -0.39 is 6.04 Å². The highest BCUT2D eigenvalue weighted by Crippen LogP contribution is 2.29. The van der Waals surface area contributed by atoms with Crippen LogP contribution in [-0.2, 0) is 16.1 Å². The third-order valence-corrected chi connectivity index (χ3v) is 6.52. The summed E-state index contributed by atoms with van der Waals surface area (Å²) in [4.78, 5) is 30.4. The van der Waals surface area contributed by atoms with Crippen LogP contribution >= 0.6 is 0 Å². The molecule has 0 spiro atoms. The van der Waals surface area contributed by atoms with Crippen molar-refractivity contribution in [2.24, 2.45) is 5.92 Å². The topological polar surface area (TPSA) is 71.1 Å². The average Bonchev–Trinajstić information content (AvgIpc) is 3.16. The number of morpholine rings is 1. The Hall–Kier alpha value is -2.90. The van der Waals surface area contributed by atoms with Gasteiger partial charge in [-0.3, -0.25) is 14.5 Å². The predicted octanol–water partition coefficient (Wildman–Crippen LogP) is 3.41. The van der Waals surface area contributed by atoms with Crippen LogP contribution in [0.3, 0.4) is 0 Å². The molecule has 0 aliphatic carbocycles. The molecule has 2 heterocycles. The van der Waals surface area contributed by atoms with E-state index in [1.54, 1.807) is 4.90 Å². The van der Waals surface area contributed by atoms with Crippen LogP contribution in [0.4, 0.5) is 5.69 Å². The number of benzene rings is 2. The monoisotopic (exact) mass is 451 g/mol. The van der Waals surface area contributed by atoms with Gasteiger partial charge in [0, 0.05) is 43.5 Å². The molecule has 0 bridgehead atoms. The summed E-state index contributed by atoms with van der Waals surface area (Å²) in [7, 11) is 0. The van der Waals surface area contributed by atoms with E-state index >= 15 is 0 Å². The normalized spacial score (nSPS) is 18.0. The number of nitrogens with zero attached hydrogens (tertiary/aromatic N) is 2. The standard InChI is InChI=1S/C26H33N3O4/c1-3-19(2)24(29-18-20-7-4-5-10-23(20)26(29)31)25(30)27-21-8-6-9-22(17-21)33-16-13-28-11-14-32-15-12-28/h4-10,17,19,24H,3,11-16,18H2,1-2H3,(H,27,30)/t19-,24+/m0/s1. The summed E-state index contributed by atoms with van der Waals surface area (Å²) < 4.78 is 11.3. The van der Waals surface area contributed by atoms with E-state index in [9.17, 15) is 9.59 Å². The molecule has 2 atom stereocenters. The lowest BCUT2D eigenvalue weighted by Crippen LogP contribution is -2.48. The lowest BCUT2D eigenvalue weighted by molar-refractivity contribution is -0.122. The molecule has 2 aliphatic rings. The highest BCUT2D eigenvalue weighted by atomic mass is 16.5. The van der Waals surface area contributed by atoms with E-state index in [0.717, 1.165) is 44.8 Å². The molecule has 1 saturated heterocycles. The quantitative estimate of drug-likeness (QED) is 0.633. The summed E-state index contributed by atoms with van der Waals surface area (Å²) in [6, 6.07) is 14.5. The van der Waals surface area contributed by atoms with E-state index in [4.69, 9.17) is 9.47 Å². The molecule has 0 radical (unpaired) electrons. The molecule has 7 heteroatoms. The highest BCUT2D eigenvalue weighted by Gasteiger charge is 2.38. The second-order valence-corrected chi connectivity index (χ2v) is 8.74. The van der Waals surface area contributed by atoms with E-state index in [2.05, 4.69) is 10.2 Å². The van der Waals surface area contributed by atoms with Gasteiger partial charge in [-0.1, -0.05) is 44.5 Å². The Balaban J connectivity index is 1.40. The number of fused-ring (bicyclic) bond motifs is 1. The molecule has 4 rings (SSSR count). The van der Waals surface area contributed by atoms with Crippen molar-refractivity contribution in [1.29, 1.82) is 0 Å². The number of carbonyl (C=O) groups is 2. The molecule has 0 saturated carbocycles. The number of nitrogens with one attached hydrogen (secondary N) is 1. The van der Waals surface area contributed by atoms with Gasteiger partial charge < -0.3 is 19.7 Å². The third kappa shape index (κ3) is 5.54. The fraction of sp³-hybridized carbons (Fsp3) is 0.462. The fourth-order valence-electron chi connectivity index (χ4n) is 4.43. The number of anilines is 1. The van der Waals surface area contributed by atoms with Crippen molar-refractivity contribution in [2.45, 2.75) is 32.9 Å². The molecule has 0 unspecified atom stereocenters. The Morgan fingerprint density at radius 1 is 1.15 bits per heavy atom. The van der Waals surface area contributed by atoms with Crippen LogP contribution in [0.1, 0.15) is 36.2 Å². The van der Waals surface area contributed by atoms with E-state index in [0.29, 0.717) is 30.2 Å². The zero-order chi connectivity index (χ0) is 23.2.